The Bertz CT molecular complexity index is 594. The molecule has 2 rings (SSSR count). The standard InChI is InChI=1S/C10H11ClO.C8H15NO4/c1-7-6-8(11)2-5-10(7)12-9-3-4-9;1-8(2,3)13-7(11)9-5-6(10)12-4/h2,5-6,9H,3-4H2,1H3;5H2,1-4H3,(H,9,11). The molecule has 0 spiro atoms. The van der Waals surface area contributed by atoms with Crippen LogP contribution in [0.4, 0.5) is 4.79 Å². The van der Waals surface area contributed by atoms with Crippen LogP contribution >= 0.6 is 11.6 Å². The zero-order chi connectivity index (χ0) is 19.0. The van der Waals surface area contributed by atoms with Crippen molar-refractivity contribution < 1.29 is 23.8 Å². The van der Waals surface area contributed by atoms with Crippen molar-refractivity contribution in [2.24, 2.45) is 0 Å². The van der Waals surface area contributed by atoms with Crippen molar-refractivity contribution in [2.45, 2.75) is 52.2 Å². The first kappa shape index (κ1) is 21.1. The molecule has 1 saturated carbocycles. The van der Waals surface area contributed by atoms with E-state index in [-0.39, 0.29) is 6.54 Å². The predicted molar refractivity (Wildman–Crippen MR) is 96.1 cm³/mol. The van der Waals surface area contributed by atoms with Crippen LogP contribution < -0.4 is 10.1 Å². The lowest BCUT2D eigenvalue weighted by Gasteiger charge is -2.19. The van der Waals surface area contributed by atoms with Crippen molar-refractivity contribution in [1.82, 2.24) is 5.32 Å². The van der Waals surface area contributed by atoms with Crippen LogP contribution in [-0.4, -0.2) is 37.4 Å². The average molecular weight is 372 g/mol. The van der Waals surface area contributed by atoms with Crippen LogP contribution in [0, 0.1) is 6.92 Å². The maximum absolute atomic E-state index is 10.9. The monoisotopic (exact) mass is 371 g/mol. The molecule has 0 heterocycles. The third kappa shape index (κ3) is 9.82. The fraction of sp³-hybridized carbons (Fsp3) is 0.556. The van der Waals surface area contributed by atoms with Gasteiger partial charge in [-0.15, -0.1) is 0 Å². The van der Waals surface area contributed by atoms with Crippen molar-refractivity contribution in [3.63, 3.8) is 0 Å². The number of hydrogen-bond acceptors (Lipinski definition) is 5. The Morgan fingerprint density at radius 1 is 1.28 bits per heavy atom. The Morgan fingerprint density at radius 2 is 1.92 bits per heavy atom. The van der Waals surface area contributed by atoms with Crippen molar-refractivity contribution in [2.75, 3.05) is 13.7 Å². The summed E-state index contributed by atoms with van der Waals surface area (Å²) in [6.07, 6.45) is 2.23. The smallest absolute Gasteiger partial charge is 0.408 e. The van der Waals surface area contributed by atoms with E-state index in [1.165, 1.54) is 20.0 Å². The molecule has 140 valence electrons. The molecule has 0 aliphatic heterocycles. The van der Waals surface area contributed by atoms with Gasteiger partial charge in [-0.1, -0.05) is 11.6 Å². The molecule has 0 atom stereocenters. The summed E-state index contributed by atoms with van der Waals surface area (Å²) in [7, 11) is 1.25. The number of rotatable bonds is 4. The summed E-state index contributed by atoms with van der Waals surface area (Å²) in [4.78, 5) is 21.5. The fourth-order valence-corrected chi connectivity index (χ4v) is 1.87. The molecule has 1 aromatic carbocycles. The van der Waals surface area contributed by atoms with E-state index in [1.807, 2.05) is 25.1 Å². The Labute approximate surface area is 153 Å². The number of halogens is 1. The van der Waals surface area contributed by atoms with Crippen LogP contribution in [0.15, 0.2) is 18.2 Å². The third-order valence-corrected chi connectivity index (χ3v) is 3.19. The molecule has 0 radical (unpaired) electrons. The van der Waals surface area contributed by atoms with E-state index in [4.69, 9.17) is 21.1 Å². The molecule has 25 heavy (non-hydrogen) atoms. The highest BCUT2D eigenvalue weighted by atomic mass is 35.5. The molecular weight excluding hydrogens is 346 g/mol. The molecule has 0 saturated heterocycles. The SMILES string of the molecule is COC(=O)CNC(=O)OC(C)(C)C.Cc1cc(Cl)ccc1OC1CC1. The summed E-state index contributed by atoms with van der Waals surface area (Å²) in [6, 6.07) is 5.74. The largest absolute Gasteiger partial charge is 0.490 e. The highest BCUT2D eigenvalue weighted by molar-refractivity contribution is 6.30. The Morgan fingerprint density at radius 3 is 2.40 bits per heavy atom. The topological polar surface area (TPSA) is 73.9 Å². The minimum atomic E-state index is -0.627. The first-order chi connectivity index (χ1) is 11.6. The van der Waals surface area contributed by atoms with Crippen LogP contribution in [-0.2, 0) is 14.3 Å². The number of esters is 1. The van der Waals surface area contributed by atoms with Gasteiger partial charge in [0.15, 0.2) is 0 Å². The van der Waals surface area contributed by atoms with E-state index in [9.17, 15) is 9.59 Å². The van der Waals surface area contributed by atoms with E-state index in [1.54, 1.807) is 20.8 Å². The minimum Gasteiger partial charge on any atom is -0.490 e. The molecule has 0 unspecified atom stereocenters. The maximum atomic E-state index is 10.9. The molecule has 1 aliphatic carbocycles. The summed E-state index contributed by atoms with van der Waals surface area (Å²) >= 11 is 5.81. The Hall–Kier alpha value is -1.95. The third-order valence-electron chi connectivity index (χ3n) is 2.96. The normalized spacial score (nSPS) is 13.2. The quantitative estimate of drug-likeness (QED) is 0.813. The molecule has 7 heteroatoms. The van der Waals surface area contributed by atoms with E-state index < -0.39 is 17.7 Å². The molecule has 0 aromatic heterocycles. The number of ether oxygens (including phenoxy) is 3. The van der Waals surface area contributed by atoms with Gasteiger partial charge in [0.1, 0.15) is 17.9 Å². The van der Waals surface area contributed by atoms with Gasteiger partial charge in [0.2, 0.25) is 0 Å². The van der Waals surface area contributed by atoms with Gasteiger partial charge in [0, 0.05) is 5.02 Å². The average Bonchev–Trinajstić information content (AvgIpc) is 3.31. The summed E-state index contributed by atoms with van der Waals surface area (Å²) in [5.41, 5.74) is 0.564. The van der Waals surface area contributed by atoms with Crippen molar-refractivity contribution >= 4 is 23.7 Å². The first-order valence-corrected chi connectivity index (χ1v) is 8.45. The Balaban J connectivity index is 0.000000250. The second kappa shape index (κ2) is 9.51. The van der Waals surface area contributed by atoms with Gasteiger partial charge in [0.05, 0.1) is 13.2 Å². The van der Waals surface area contributed by atoms with E-state index >= 15 is 0 Å². The fourth-order valence-electron chi connectivity index (χ4n) is 1.64. The zero-order valence-electron chi connectivity index (χ0n) is 15.3. The number of aryl methyl sites for hydroxylation is 1. The number of methoxy groups -OCH3 is 1. The number of alkyl carbamates (subject to hydrolysis) is 1. The molecule has 1 aromatic rings. The lowest BCUT2D eigenvalue weighted by Crippen LogP contribution is -2.35. The summed E-state index contributed by atoms with van der Waals surface area (Å²) < 4.78 is 14.8. The van der Waals surface area contributed by atoms with Crippen LogP contribution in [0.25, 0.3) is 0 Å². The van der Waals surface area contributed by atoms with Crippen molar-refractivity contribution in [3.05, 3.63) is 28.8 Å². The number of amides is 1. The Kier molecular flexibility index (Phi) is 8.03. The molecule has 1 N–H and O–H groups in total. The highest BCUT2D eigenvalue weighted by Crippen LogP contribution is 2.29. The second-order valence-corrected chi connectivity index (χ2v) is 7.10. The van der Waals surface area contributed by atoms with Crippen molar-refractivity contribution in [3.8, 4) is 5.75 Å². The molecule has 1 aliphatic rings. The first-order valence-electron chi connectivity index (χ1n) is 8.07. The molecule has 0 bridgehead atoms. The lowest BCUT2D eigenvalue weighted by atomic mass is 10.2. The second-order valence-electron chi connectivity index (χ2n) is 6.66. The van der Waals surface area contributed by atoms with Gasteiger partial charge in [-0.25, -0.2) is 4.79 Å². The molecule has 1 fully saturated rings. The number of carbonyl (C=O) groups excluding carboxylic acids is 2. The lowest BCUT2D eigenvalue weighted by molar-refractivity contribution is -0.139. The van der Waals surface area contributed by atoms with E-state index in [2.05, 4.69) is 10.1 Å². The van der Waals surface area contributed by atoms with Crippen molar-refractivity contribution in [1.29, 1.82) is 0 Å². The van der Waals surface area contributed by atoms with Crippen LogP contribution in [0.1, 0.15) is 39.2 Å². The van der Waals surface area contributed by atoms with Gasteiger partial charge < -0.3 is 19.5 Å². The van der Waals surface area contributed by atoms with Gasteiger partial charge in [-0.3, -0.25) is 4.79 Å². The molecule has 6 nitrogen and oxygen atoms in total. The minimum absolute atomic E-state index is 0.175. The highest BCUT2D eigenvalue weighted by Gasteiger charge is 2.23. The van der Waals surface area contributed by atoms with E-state index in [0.29, 0.717) is 6.10 Å². The molecule has 1 amide bonds. The summed E-state index contributed by atoms with van der Waals surface area (Å²) in [5.74, 6) is 0.466. The summed E-state index contributed by atoms with van der Waals surface area (Å²) in [5, 5.41) is 3.03. The van der Waals surface area contributed by atoms with Crippen LogP contribution in [0.2, 0.25) is 5.02 Å². The number of carbonyl (C=O) groups is 2. The van der Waals surface area contributed by atoms with Gasteiger partial charge in [0.25, 0.3) is 0 Å². The maximum Gasteiger partial charge on any atom is 0.408 e. The zero-order valence-corrected chi connectivity index (χ0v) is 16.1. The van der Waals surface area contributed by atoms with Gasteiger partial charge >= 0.3 is 12.1 Å². The predicted octanol–water partition coefficient (Wildman–Crippen LogP) is 3.87. The van der Waals surface area contributed by atoms with Gasteiger partial charge in [-0.05, 0) is 64.3 Å². The van der Waals surface area contributed by atoms with Crippen LogP contribution in [0.3, 0.4) is 0 Å². The number of benzene rings is 1. The number of hydrogen-bond donors (Lipinski definition) is 1. The number of nitrogens with one attached hydrogen (secondary N) is 1. The van der Waals surface area contributed by atoms with Gasteiger partial charge in [-0.2, -0.15) is 0 Å². The van der Waals surface area contributed by atoms with Crippen LogP contribution in [0.5, 0.6) is 5.75 Å². The molecular formula is C18H26ClNO5. The summed E-state index contributed by atoms with van der Waals surface area (Å²) in [6.45, 7) is 7.06. The van der Waals surface area contributed by atoms with E-state index in [0.717, 1.165) is 16.3 Å².